The molecule has 0 radical (unpaired) electrons. The van der Waals surface area contributed by atoms with E-state index >= 15 is 0 Å². The number of rotatable bonds is 10. The van der Waals surface area contributed by atoms with Crippen LogP contribution in [0.3, 0.4) is 0 Å². The highest BCUT2D eigenvalue weighted by molar-refractivity contribution is 5.70. The molecule has 0 amide bonds. The Hall–Kier alpha value is -3.29. The molecule has 0 unspecified atom stereocenters. The number of imidazole rings is 1. The van der Waals surface area contributed by atoms with Gasteiger partial charge in [-0.2, -0.15) is 0 Å². The zero-order valence-corrected chi connectivity index (χ0v) is 19.7. The molecule has 0 aliphatic rings. The Bertz CT molecular complexity index is 1110. The minimum absolute atomic E-state index is 0.0114. The molecule has 0 saturated heterocycles. The maximum atomic E-state index is 13.6. The van der Waals surface area contributed by atoms with Crippen LogP contribution in [0.2, 0.25) is 0 Å². The maximum absolute atomic E-state index is 13.6. The number of carbonyl (C=O) groups excluding carboxylic acids is 1. The normalized spacial score (nSPS) is 13.4. The molecule has 0 aliphatic carbocycles. The van der Waals surface area contributed by atoms with E-state index in [9.17, 15) is 19.4 Å². The highest BCUT2D eigenvalue weighted by Gasteiger charge is 2.21. The SMILES string of the molecule is CCOC(=O)C[C@@H](O)C[C@@H](O)/C=C/c1c(C(C)C)nc(-c2ccccc2)n1-c1ccc(F)cc1. The maximum Gasteiger partial charge on any atom is 0.308 e. The lowest BCUT2D eigenvalue weighted by Crippen LogP contribution is -2.20. The van der Waals surface area contributed by atoms with Gasteiger partial charge in [0, 0.05) is 17.7 Å². The lowest BCUT2D eigenvalue weighted by atomic mass is 10.1. The molecule has 0 saturated carbocycles. The summed E-state index contributed by atoms with van der Waals surface area (Å²) in [5.74, 6) is -0.0600. The first kappa shape index (κ1) is 25.3. The second-order valence-electron chi connectivity index (χ2n) is 8.36. The Morgan fingerprint density at radius 1 is 1.12 bits per heavy atom. The molecule has 2 aromatic carbocycles. The number of carbonyl (C=O) groups is 1. The summed E-state index contributed by atoms with van der Waals surface area (Å²) in [6.45, 7) is 6.00. The number of ether oxygens (including phenoxy) is 1. The smallest absolute Gasteiger partial charge is 0.308 e. The third-order valence-corrected chi connectivity index (χ3v) is 5.30. The van der Waals surface area contributed by atoms with Crippen LogP contribution in [-0.2, 0) is 9.53 Å². The first-order valence-electron chi connectivity index (χ1n) is 11.4. The van der Waals surface area contributed by atoms with Crippen molar-refractivity contribution in [2.75, 3.05) is 6.61 Å². The Labute approximate surface area is 199 Å². The quantitative estimate of drug-likeness (QED) is 0.416. The molecule has 0 fully saturated rings. The van der Waals surface area contributed by atoms with Crippen molar-refractivity contribution in [1.82, 2.24) is 9.55 Å². The van der Waals surface area contributed by atoms with Gasteiger partial charge in [0.05, 0.1) is 36.6 Å². The van der Waals surface area contributed by atoms with Crippen LogP contribution in [0.1, 0.15) is 50.9 Å². The number of aliphatic hydroxyl groups excluding tert-OH is 2. The average Bonchev–Trinajstić information content (AvgIpc) is 3.18. The summed E-state index contributed by atoms with van der Waals surface area (Å²) < 4.78 is 20.4. The number of benzene rings is 2. The van der Waals surface area contributed by atoms with E-state index in [4.69, 9.17) is 9.72 Å². The number of hydrogen-bond donors (Lipinski definition) is 2. The van der Waals surface area contributed by atoms with Crippen molar-refractivity contribution in [3.63, 3.8) is 0 Å². The average molecular weight is 467 g/mol. The fraction of sp³-hybridized carbons (Fsp3) is 0.333. The van der Waals surface area contributed by atoms with Gasteiger partial charge in [-0.3, -0.25) is 9.36 Å². The molecule has 3 rings (SSSR count). The zero-order valence-electron chi connectivity index (χ0n) is 19.7. The van der Waals surface area contributed by atoms with Crippen molar-refractivity contribution in [2.45, 2.75) is 51.7 Å². The minimum atomic E-state index is -1.02. The van der Waals surface area contributed by atoms with Crippen LogP contribution in [0.15, 0.2) is 60.7 Å². The van der Waals surface area contributed by atoms with Crippen LogP contribution in [-0.4, -0.2) is 44.5 Å². The zero-order chi connectivity index (χ0) is 24.7. The summed E-state index contributed by atoms with van der Waals surface area (Å²) in [5.41, 5.74) is 3.20. The van der Waals surface area contributed by atoms with E-state index in [0.29, 0.717) is 5.82 Å². The molecule has 2 atom stereocenters. The Kier molecular flexibility index (Phi) is 8.73. The summed E-state index contributed by atoms with van der Waals surface area (Å²) in [4.78, 5) is 16.5. The predicted molar refractivity (Wildman–Crippen MR) is 130 cm³/mol. The van der Waals surface area contributed by atoms with Gasteiger partial charge in [-0.05, 0) is 43.2 Å². The number of hydrogen-bond acceptors (Lipinski definition) is 5. The van der Waals surface area contributed by atoms with Gasteiger partial charge in [0.1, 0.15) is 11.6 Å². The topological polar surface area (TPSA) is 84.6 Å². The van der Waals surface area contributed by atoms with Gasteiger partial charge >= 0.3 is 5.97 Å². The molecule has 3 aromatic rings. The Balaban J connectivity index is 1.99. The summed E-state index contributed by atoms with van der Waals surface area (Å²) in [7, 11) is 0. The van der Waals surface area contributed by atoms with Crippen molar-refractivity contribution in [3.8, 4) is 17.1 Å². The second-order valence-corrected chi connectivity index (χ2v) is 8.36. The van der Waals surface area contributed by atoms with Crippen molar-refractivity contribution in [3.05, 3.63) is 77.9 Å². The lowest BCUT2D eigenvalue weighted by Gasteiger charge is -2.14. The van der Waals surface area contributed by atoms with Crippen LogP contribution in [0.5, 0.6) is 0 Å². The predicted octanol–water partition coefficient (Wildman–Crippen LogP) is 4.88. The van der Waals surface area contributed by atoms with Gasteiger partial charge in [-0.25, -0.2) is 9.37 Å². The van der Waals surface area contributed by atoms with Crippen molar-refractivity contribution in [1.29, 1.82) is 0 Å². The molecule has 34 heavy (non-hydrogen) atoms. The molecule has 0 aliphatic heterocycles. The van der Waals surface area contributed by atoms with E-state index < -0.39 is 18.2 Å². The second kappa shape index (κ2) is 11.7. The number of esters is 1. The van der Waals surface area contributed by atoms with E-state index in [0.717, 1.165) is 22.6 Å². The fourth-order valence-corrected chi connectivity index (χ4v) is 3.72. The first-order chi connectivity index (χ1) is 16.3. The minimum Gasteiger partial charge on any atom is -0.466 e. The van der Waals surface area contributed by atoms with Gasteiger partial charge in [0.2, 0.25) is 0 Å². The third kappa shape index (κ3) is 6.40. The molecule has 180 valence electrons. The van der Waals surface area contributed by atoms with Gasteiger partial charge in [0.25, 0.3) is 0 Å². The molecule has 0 bridgehead atoms. The van der Waals surface area contributed by atoms with Gasteiger partial charge in [-0.15, -0.1) is 0 Å². The molecule has 1 aromatic heterocycles. The molecule has 2 N–H and O–H groups in total. The standard InChI is InChI=1S/C27H31FN2O4/c1-4-34-25(33)17-23(32)16-22(31)14-15-24-26(18(2)3)29-27(19-8-6-5-7-9-19)30(24)21-12-10-20(28)11-13-21/h5-15,18,22-23,31-32H,4,16-17H2,1-3H3/b15-14+/t22-,23-/m0/s1. The van der Waals surface area contributed by atoms with Crippen LogP contribution in [0.25, 0.3) is 23.2 Å². The Morgan fingerprint density at radius 3 is 2.41 bits per heavy atom. The van der Waals surface area contributed by atoms with E-state index in [1.54, 1.807) is 31.2 Å². The molecule has 6 nitrogen and oxygen atoms in total. The Morgan fingerprint density at radius 2 is 1.79 bits per heavy atom. The highest BCUT2D eigenvalue weighted by Crippen LogP contribution is 2.31. The monoisotopic (exact) mass is 466 g/mol. The van der Waals surface area contributed by atoms with Gasteiger partial charge < -0.3 is 14.9 Å². The summed E-state index contributed by atoms with van der Waals surface area (Å²) in [5, 5.41) is 20.6. The summed E-state index contributed by atoms with van der Waals surface area (Å²) >= 11 is 0. The van der Waals surface area contributed by atoms with Crippen LogP contribution in [0.4, 0.5) is 4.39 Å². The van der Waals surface area contributed by atoms with E-state index in [-0.39, 0.29) is 31.2 Å². The van der Waals surface area contributed by atoms with E-state index in [2.05, 4.69) is 0 Å². The van der Waals surface area contributed by atoms with Gasteiger partial charge in [-0.1, -0.05) is 50.3 Å². The number of aromatic nitrogens is 2. The highest BCUT2D eigenvalue weighted by atomic mass is 19.1. The van der Waals surface area contributed by atoms with Crippen LogP contribution in [0, 0.1) is 5.82 Å². The van der Waals surface area contributed by atoms with Crippen LogP contribution < -0.4 is 0 Å². The van der Waals surface area contributed by atoms with Crippen LogP contribution >= 0.6 is 0 Å². The summed E-state index contributed by atoms with van der Waals surface area (Å²) in [6.07, 6.45) is 1.14. The van der Waals surface area contributed by atoms with E-state index in [1.807, 2.05) is 48.7 Å². The number of aliphatic hydroxyl groups is 2. The largest absolute Gasteiger partial charge is 0.466 e. The van der Waals surface area contributed by atoms with Crippen molar-refractivity contribution < 1.29 is 24.1 Å². The summed E-state index contributed by atoms with van der Waals surface area (Å²) in [6, 6.07) is 15.9. The number of nitrogens with zero attached hydrogens (tertiary/aromatic N) is 2. The van der Waals surface area contributed by atoms with Gasteiger partial charge in [0.15, 0.2) is 0 Å². The molecular weight excluding hydrogens is 435 g/mol. The third-order valence-electron chi connectivity index (χ3n) is 5.30. The lowest BCUT2D eigenvalue weighted by molar-refractivity contribution is -0.145. The number of halogens is 1. The van der Waals surface area contributed by atoms with Crippen molar-refractivity contribution in [2.24, 2.45) is 0 Å². The van der Waals surface area contributed by atoms with Crippen molar-refractivity contribution >= 4 is 12.0 Å². The fourth-order valence-electron chi connectivity index (χ4n) is 3.72. The molecular formula is C27H31FN2O4. The molecule has 1 heterocycles. The first-order valence-corrected chi connectivity index (χ1v) is 11.4. The van der Waals surface area contributed by atoms with E-state index in [1.165, 1.54) is 12.1 Å². The molecule has 7 heteroatoms. The molecule has 0 spiro atoms.